The summed E-state index contributed by atoms with van der Waals surface area (Å²) in [5, 5.41) is 12.8. The minimum Gasteiger partial charge on any atom is -0.292 e. The number of imide groups is 1. The van der Waals surface area contributed by atoms with E-state index < -0.39 is 46.3 Å². The minimum absolute atomic E-state index is 0.0321. The molecule has 0 unspecified atom stereocenters. The molecule has 2 aliphatic rings. The summed E-state index contributed by atoms with van der Waals surface area (Å²) < 4.78 is 0. The average Bonchev–Trinajstić information content (AvgIpc) is 3.09. The number of aryl methyl sites for hydroxylation is 1. The van der Waals surface area contributed by atoms with E-state index in [2.05, 4.69) is 0 Å². The summed E-state index contributed by atoms with van der Waals surface area (Å²) in [5.41, 5.74) is 1.13. The van der Waals surface area contributed by atoms with Crippen LogP contribution in [-0.2, 0) is 9.59 Å². The van der Waals surface area contributed by atoms with E-state index in [0.29, 0.717) is 18.4 Å². The summed E-state index contributed by atoms with van der Waals surface area (Å²) in [7, 11) is 0. The lowest BCUT2D eigenvalue weighted by atomic mass is 9.81. The lowest BCUT2D eigenvalue weighted by molar-refractivity contribution is -0.384. The summed E-state index contributed by atoms with van der Waals surface area (Å²) in [6, 6.07) is 10.5. The number of carbonyl (C=O) groups excluding carboxylic acids is 4. The van der Waals surface area contributed by atoms with Crippen molar-refractivity contribution in [1.82, 2.24) is 10.0 Å². The number of non-ortho nitro benzene ring substituents is 1. The summed E-state index contributed by atoms with van der Waals surface area (Å²) in [6.45, 7) is 3.36. The Balaban J connectivity index is 1.74. The van der Waals surface area contributed by atoms with Crippen molar-refractivity contribution in [3.05, 3.63) is 75.3 Å². The lowest BCUT2D eigenvalue weighted by Crippen LogP contribution is -2.56. The van der Waals surface area contributed by atoms with Crippen molar-refractivity contribution >= 4 is 29.2 Å². The van der Waals surface area contributed by atoms with Gasteiger partial charge in [0.25, 0.3) is 23.4 Å². The second-order valence-corrected chi connectivity index (χ2v) is 8.85. The molecule has 0 radical (unpaired) electrons. The highest BCUT2D eigenvalue weighted by Crippen LogP contribution is 2.39. The molecule has 3 amide bonds. The molecule has 34 heavy (non-hydrogen) atoms. The van der Waals surface area contributed by atoms with Crippen molar-refractivity contribution in [3.8, 4) is 0 Å². The number of nitrogens with zero attached hydrogens (tertiary/aromatic N) is 3. The lowest BCUT2D eigenvalue weighted by Gasteiger charge is -2.34. The number of hydrazine groups is 1. The molecule has 0 aromatic heterocycles. The molecule has 9 nitrogen and oxygen atoms in total. The molecule has 2 aromatic rings. The minimum atomic E-state index is -1.15. The van der Waals surface area contributed by atoms with Crippen molar-refractivity contribution in [1.29, 1.82) is 0 Å². The third-order valence-corrected chi connectivity index (χ3v) is 6.65. The second-order valence-electron chi connectivity index (χ2n) is 8.85. The third-order valence-electron chi connectivity index (χ3n) is 6.65. The number of rotatable bonds is 6. The highest BCUT2D eigenvalue weighted by molar-refractivity contribution is 6.10. The fourth-order valence-corrected chi connectivity index (χ4v) is 4.73. The molecule has 176 valence electrons. The molecule has 4 rings (SSSR count). The van der Waals surface area contributed by atoms with E-state index in [-0.39, 0.29) is 11.3 Å². The zero-order valence-electron chi connectivity index (χ0n) is 19.0. The van der Waals surface area contributed by atoms with Crippen LogP contribution in [0.5, 0.6) is 0 Å². The van der Waals surface area contributed by atoms with E-state index >= 15 is 0 Å². The Morgan fingerprint density at radius 2 is 1.44 bits per heavy atom. The van der Waals surface area contributed by atoms with Crippen molar-refractivity contribution in [3.63, 3.8) is 0 Å². The topological polar surface area (TPSA) is 118 Å². The highest BCUT2D eigenvalue weighted by atomic mass is 16.6. The van der Waals surface area contributed by atoms with Crippen LogP contribution in [0.2, 0.25) is 0 Å². The Hall–Kier alpha value is -3.88. The SMILES string of the molecule is Cc1ccc(C(=O)[C@@H](C)N(C(=O)c2ccc([N+](=O)[O-])cc2)N2C(=O)[C@H]3CCCC[C@H]3C2=O)cc1. The molecule has 1 saturated carbocycles. The van der Waals surface area contributed by atoms with E-state index in [1.54, 1.807) is 24.3 Å². The van der Waals surface area contributed by atoms with E-state index in [9.17, 15) is 29.3 Å². The Bertz CT molecular complexity index is 1130. The molecule has 1 saturated heterocycles. The number of carbonyl (C=O) groups is 4. The normalized spacial score (nSPS) is 20.6. The van der Waals surface area contributed by atoms with Gasteiger partial charge in [0.1, 0.15) is 6.04 Å². The van der Waals surface area contributed by atoms with Crippen molar-refractivity contribution in [2.45, 2.75) is 45.6 Å². The van der Waals surface area contributed by atoms with Crippen LogP contribution in [0.3, 0.4) is 0 Å². The van der Waals surface area contributed by atoms with Gasteiger partial charge in [-0.15, -0.1) is 0 Å². The van der Waals surface area contributed by atoms with Crippen LogP contribution in [0.1, 0.15) is 58.9 Å². The quantitative estimate of drug-likeness (QED) is 0.279. The van der Waals surface area contributed by atoms with E-state index in [1.165, 1.54) is 31.2 Å². The van der Waals surface area contributed by atoms with Crippen LogP contribution in [-0.4, -0.2) is 44.5 Å². The number of nitro groups is 1. The van der Waals surface area contributed by atoms with Gasteiger partial charge in [0.05, 0.1) is 16.8 Å². The fraction of sp³-hybridized carbons (Fsp3) is 0.360. The smallest absolute Gasteiger partial charge is 0.273 e. The molecule has 1 aliphatic carbocycles. The molecule has 2 aromatic carbocycles. The monoisotopic (exact) mass is 463 g/mol. The first kappa shape index (κ1) is 23.3. The average molecular weight is 463 g/mol. The Morgan fingerprint density at radius 1 is 0.941 bits per heavy atom. The molecule has 0 spiro atoms. The van der Waals surface area contributed by atoms with Crippen molar-refractivity contribution in [2.75, 3.05) is 0 Å². The molecule has 0 N–H and O–H groups in total. The molecule has 9 heteroatoms. The van der Waals surface area contributed by atoms with E-state index in [0.717, 1.165) is 28.4 Å². The number of hydrogen-bond donors (Lipinski definition) is 0. The van der Waals surface area contributed by atoms with E-state index in [1.807, 2.05) is 6.92 Å². The number of fused-ring (bicyclic) bond motifs is 1. The summed E-state index contributed by atoms with van der Waals surface area (Å²) >= 11 is 0. The number of amides is 3. The zero-order valence-corrected chi connectivity index (χ0v) is 19.0. The summed E-state index contributed by atoms with van der Waals surface area (Å²) in [6.07, 6.45) is 2.77. The van der Waals surface area contributed by atoms with Gasteiger partial charge < -0.3 is 0 Å². The van der Waals surface area contributed by atoms with Crippen LogP contribution in [0.15, 0.2) is 48.5 Å². The summed E-state index contributed by atoms with van der Waals surface area (Å²) in [4.78, 5) is 63.9. The zero-order chi connectivity index (χ0) is 24.6. The van der Waals surface area contributed by atoms with Gasteiger partial charge in [0.15, 0.2) is 5.78 Å². The number of ketones is 1. The van der Waals surface area contributed by atoms with Crippen molar-refractivity contribution in [2.24, 2.45) is 11.8 Å². The molecule has 0 bridgehead atoms. The number of Topliss-reactive ketones (excluding diaryl/α,β-unsaturated/α-hetero) is 1. The molecular weight excluding hydrogens is 438 g/mol. The first-order chi connectivity index (χ1) is 16.2. The van der Waals surface area contributed by atoms with Gasteiger partial charge in [-0.05, 0) is 38.8 Å². The van der Waals surface area contributed by atoms with Gasteiger partial charge in [-0.3, -0.25) is 29.3 Å². The predicted octanol–water partition coefficient (Wildman–Crippen LogP) is 3.71. The molecule has 1 aliphatic heterocycles. The first-order valence-electron chi connectivity index (χ1n) is 11.3. The Labute approximate surface area is 196 Å². The maximum Gasteiger partial charge on any atom is 0.273 e. The van der Waals surface area contributed by atoms with Gasteiger partial charge >= 0.3 is 0 Å². The largest absolute Gasteiger partial charge is 0.292 e. The maximum atomic E-state index is 13.6. The summed E-state index contributed by atoms with van der Waals surface area (Å²) in [5.74, 6) is -3.14. The fourth-order valence-electron chi connectivity index (χ4n) is 4.73. The Morgan fingerprint density at radius 3 is 1.94 bits per heavy atom. The van der Waals surface area contributed by atoms with Crippen molar-refractivity contribution < 1.29 is 24.1 Å². The van der Waals surface area contributed by atoms with Crippen LogP contribution >= 0.6 is 0 Å². The molecule has 2 fully saturated rings. The number of nitro benzene ring substituents is 1. The predicted molar refractivity (Wildman–Crippen MR) is 122 cm³/mol. The van der Waals surface area contributed by atoms with Gasteiger partial charge in [0, 0.05) is 23.3 Å². The Kier molecular flexibility index (Phi) is 6.28. The number of benzene rings is 2. The van der Waals surface area contributed by atoms with Gasteiger partial charge in [-0.25, -0.2) is 5.01 Å². The first-order valence-corrected chi connectivity index (χ1v) is 11.3. The van der Waals surface area contributed by atoms with Crippen LogP contribution in [0, 0.1) is 28.9 Å². The van der Waals surface area contributed by atoms with Crippen LogP contribution < -0.4 is 0 Å². The highest BCUT2D eigenvalue weighted by Gasteiger charge is 2.53. The van der Waals surface area contributed by atoms with Gasteiger partial charge in [-0.2, -0.15) is 5.01 Å². The standard InChI is InChI=1S/C25H25N3O6/c1-15-7-9-17(10-8-15)22(29)16(2)26(23(30)18-11-13-19(14-12-18)28(33)34)27-24(31)20-5-3-4-6-21(20)25(27)32/h7-14,16,20-21H,3-6H2,1-2H3/t16-,20-,21+/m1/s1. The van der Waals surface area contributed by atoms with Gasteiger partial charge in [-0.1, -0.05) is 42.7 Å². The number of hydrogen-bond acceptors (Lipinski definition) is 6. The maximum absolute atomic E-state index is 13.6. The molecular formula is C25H25N3O6. The van der Waals surface area contributed by atoms with Crippen LogP contribution in [0.4, 0.5) is 5.69 Å². The second kappa shape index (κ2) is 9.17. The van der Waals surface area contributed by atoms with Gasteiger partial charge in [0.2, 0.25) is 0 Å². The molecule has 1 heterocycles. The molecule has 3 atom stereocenters. The van der Waals surface area contributed by atoms with E-state index in [4.69, 9.17) is 0 Å². The van der Waals surface area contributed by atoms with Crippen LogP contribution in [0.25, 0.3) is 0 Å². The third kappa shape index (κ3) is 4.09.